The topological polar surface area (TPSA) is 98.5 Å². The summed E-state index contributed by atoms with van der Waals surface area (Å²) in [5.41, 5.74) is 4.41. The maximum Gasteiger partial charge on any atom is 0.244 e. The molecule has 0 atom stereocenters. The van der Waals surface area contributed by atoms with Crippen LogP contribution in [0.25, 0.3) is 0 Å². The van der Waals surface area contributed by atoms with Crippen LogP contribution in [0.15, 0.2) is 76.7 Å². The fourth-order valence-corrected chi connectivity index (χ4v) is 5.51. The molecule has 0 aromatic heterocycles. The van der Waals surface area contributed by atoms with Gasteiger partial charge in [-0.25, -0.2) is 16.8 Å². The Bertz CT molecular complexity index is 1340. The van der Waals surface area contributed by atoms with E-state index in [-0.39, 0.29) is 42.4 Å². The molecule has 0 N–H and O–H groups in total. The van der Waals surface area contributed by atoms with Crippen molar-refractivity contribution in [2.24, 2.45) is 0 Å². The molecule has 0 saturated heterocycles. The third-order valence-corrected chi connectivity index (χ3v) is 8.55. The molecule has 0 aliphatic rings. The molecule has 7 nitrogen and oxygen atoms in total. The Morgan fingerprint density at radius 2 is 1.26 bits per heavy atom. The minimum absolute atomic E-state index is 0.00479. The number of benzene rings is 2. The van der Waals surface area contributed by atoms with Crippen LogP contribution in [0, 0.1) is 37.0 Å². The van der Waals surface area contributed by atoms with Gasteiger partial charge in [0.05, 0.1) is 28.9 Å². The van der Waals surface area contributed by atoms with Crippen molar-refractivity contribution in [3.8, 4) is 17.9 Å². The van der Waals surface area contributed by atoms with Crippen molar-refractivity contribution in [2.45, 2.75) is 30.1 Å². The van der Waals surface area contributed by atoms with Gasteiger partial charge in [-0.1, -0.05) is 53.8 Å². The van der Waals surface area contributed by atoms with Crippen molar-refractivity contribution >= 4 is 20.0 Å². The molecule has 34 heavy (non-hydrogen) atoms. The maximum atomic E-state index is 13.0. The molecule has 2 rings (SSSR count). The first-order valence-corrected chi connectivity index (χ1v) is 13.3. The predicted octanol–water partition coefficient (Wildman–Crippen LogP) is 3.24. The van der Waals surface area contributed by atoms with Gasteiger partial charge in [0.1, 0.15) is 0 Å². The summed E-state index contributed by atoms with van der Waals surface area (Å²) in [5.74, 6) is 5.51. The Kier molecular flexibility index (Phi) is 9.83. The van der Waals surface area contributed by atoms with E-state index in [4.69, 9.17) is 5.26 Å². The summed E-state index contributed by atoms with van der Waals surface area (Å²) < 4.78 is 54.4. The third kappa shape index (κ3) is 7.16. The number of hydrogen-bond donors (Lipinski definition) is 0. The minimum atomic E-state index is -3.86. The van der Waals surface area contributed by atoms with Gasteiger partial charge in [0.2, 0.25) is 20.0 Å². The second kappa shape index (κ2) is 12.3. The Balaban J connectivity index is 2.25. The highest BCUT2D eigenvalue weighted by atomic mass is 32.2. The second-order valence-corrected chi connectivity index (χ2v) is 11.3. The first-order chi connectivity index (χ1) is 16.1. The van der Waals surface area contributed by atoms with Gasteiger partial charge < -0.3 is 0 Å². The molecule has 2 aromatic rings. The molecule has 0 fully saturated rings. The zero-order chi connectivity index (χ0) is 25.2. The SMILES string of the molecule is C=C=CCN(CC#CCN(CCC#N)S(=O)(=O)c1ccc(C)cc1)S(=O)(=O)c1ccc(C)cc1. The smallest absolute Gasteiger partial charge is 0.207 e. The molecule has 178 valence electrons. The second-order valence-electron chi connectivity index (χ2n) is 7.43. The summed E-state index contributed by atoms with van der Waals surface area (Å²) >= 11 is 0. The highest BCUT2D eigenvalue weighted by Crippen LogP contribution is 2.17. The van der Waals surface area contributed by atoms with Gasteiger partial charge in [0.15, 0.2) is 0 Å². The number of nitrogens with zero attached hydrogens (tertiary/aromatic N) is 3. The molecular weight excluding hydrogens is 470 g/mol. The first kappa shape index (κ1) is 27.1. The van der Waals surface area contributed by atoms with E-state index in [2.05, 4.69) is 24.2 Å². The minimum Gasteiger partial charge on any atom is -0.207 e. The van der Waals surface area contributed by atoms with Gasteiger partial charge in [-0.2, -0.15) is 13.9 Å². The molecule has 2 aromatic carbocycles. The number of hydrogen-bond acceptors (Lipinski definition) is 5. The molecule has 0 amide bonds. The Morgan fingerprint density at radius 3 is 1.71 bits per heavy atom. The Labute approximate surface area is 202 Å². The van der Waals surface area contributed by atoms with E-state index in [1.54, 1.807) is 24.3 Å². The van der Waals surface area contributed by atoms with Crippen LogP contribution in [0.2, 0.25) is 0 Å². The fourth-order valence-electron chi connectivity index (χ4n) is 2.88. The Hall–Kier alpha value is -3.17. The van der Waals surface area contributed by atoms with Gasteiger partial charge >= 0.3 is 0 Å². The van der Waals surface area contributed by atoms with Crippen LogP contribution in [0.3, 0.4) is 0 Å². The molecular formula is C25H27N3O4S2. The lowest BCUT2D eigenvalue weighted by Crippen LogP contribution is -2.33. The van der Waals surface area contributed by atoms with Crippen molar-refractivity contribution in [2.75, 3.05) is 26.2 Å². The average molecular weight is 498 g/mol. The summed E-state index contributed by atoms with van der Waals surface area (Å²) in [6.45, 7) is 6.87. The Morgan fingerprint density at radius 1 is 0.824 bits per heavy atom. The maximum absolute atomic E-state index is 13.0. The van der Waals surface area contributed by atoms with E-state index in [9.17, 15) is 16.8 Å². The van der Waals surface area contributed by atoms with Gasteiger partial charge in [0, 0.05) is 19.5 Å². The number of nitriles is 1. The molecule has 9 heteroatoms. The number of sulfonamides is 2. The largest absolute Gasteiger partial charge is 0.244 e. The summed E-state index contributed by atoms with van der Waals surface area (Å²) in [4.78, 5) is 0.243. The monoisotopic (exact) mass is 497 g/mol. The molecule has 0 spiro atoms. The predicted molar refractivity (Wildman–Crippen MR) is 132 cm³/mol. The van der Waals surface area contributed by atoms with E-state index < -0.39 is 20.0 Å². The van der Waals surface area contributed by atoms with E-state index in [0.29, 0.717) is 0 Å². The normalized spacial score (nSPS) is 11.4. The summed E-state index contributed by atoms with van der Waals surface area (Å²) in [5, 5.41) is 8.93. The molecule has 0 unspecified atom stereocenters. The van der Waals surface area contributed by atoms with Crippen LogP contribution >= 0.6 is 0 Å². The number of aryl methyl sites for hydroxylation is 2. The zero-order valence-corrected chi connectivity index (χ0v) is 20.9. The first-order valence-electron chi connectivity index (χ1n) is 10.4. The third-order valence-electron chi connectivity index (χ3n) is 4.87. The fraction of sp³-hybridized carbons (Fsp3) is 0.280. The quantitative estimate of drug-likeness (QED) is 0.371. The molecule has 0 radical (unpaired) electrons. The van der Waals surface area contributed by atoms with E-state index >= 15 is 0 Å². The van der Waals surface area contributed by atoms with Crippen LogP contribution in [-0.2, 0) is 20.0 Å². The van der Waals surface area contributed by atoms with Crippen molar-refractivity contribution < 1.29 is 16.8 Å². The van der Waals surface area contributed by atoms with Crippen molar-refractivity contribution in [1.29, 1.82) is 5.26 Å². The van der Waals surface area contributed by atoms with Crippen molar-refractivity contribution in [3.05, 3.63) is 78.0 Å². The lowest BCUT2D eigenvalue weighted by atomic mass is 10.2. The van der Waals surface area contributed by atoms with Gasteiger partial charge in [-0.15, -0.1) is 5.73 Å². The van der Waals surface area contributed by atoms with Crippen molar-refractivity contribution in [3.63, 3.8) is 0 Å². The van der Waals surface area contributed by atoms with Crippen LogP contribution in [0.4, 0.5) is 0 Å². The van der Waals surface area contributed by atoms with Crippen LogP contribution in [-0.4, -0.2) is 51.6 Å². The highest BCUT2D eigenvalue weighted by Gasteiger charge is 2.24. The lowest BCUT2D eigenvalue weighted by molar-refractivity contribution is 0.452. The molecule has 0 aliphatic heterocycles. The van der Waals surface area contributed by atoms with Crippen LogP contribution in [0.1, 0.15) is 17.5 Å². The summed E-state index contributed by atoms with van der Waals surface area (Å²) in [7, 11) is -7.68. The molecule has 0 saturated carbocycles. The highest BCUT2D eigenvalue weighted by molar-refractivity contribution is 7.89. The van der Waals surface area contributed by atoms with Gasteiger partial charge in [0.25, 0.3) is 0 Å². The van der Waals surface area contributed by atoms with Crippen LogP contribution in [0.5, 0.6) is 0 Å². The standard InChI is InChI=1S/C25H27N3O4S2/c1-4-5-18-27(33(29,30)24-13-9-22(2)10-14-24)19-6-7-20-28(21-8-17-26)34(31,32)25-15-11-23(3)12-16-25/h5,9-16H,1,8,18-21H2,2-3H3. The van der Waals surface area contributed by atoms with Crippen LogP contribution < -0.4 is 0 Å². The number of rotatable bonds is 10. The molecule has 0 aliphatic carbocycles. The lowest BCUT2D eigenvalue weighted by Gasteiger charge is -2.19. The average Bonchev–Trinajstić information content (AvgIpc) is 2.80. The van der Waals surface area contributed by atoms with Gasteiger partial charge in [-0.3, -0.25) is 0 Å². The van der Waals surface area contributed by atoms with E-state index in [1.165, 1.54) is 30.3 Å². The summed E-state index contributed by atoms with van der Waals surface area (Å²) in [6.07, 6.45) is 1.49. The molecule has 0 heterocycles. The zero-order valence-electron chi connectivity index (χ0n) is 19.2. The van der Waals surface area contributed by atoms with E-state index in [0.717, 1.165) is 19.7 Å². The van der Waals surface area contributed by atoms with E-state index in [1.807, 2.05) is 19.9 Å². The summed E-state index contributed by atoms with van der Waals surface area (Å²) in [6, 6.07) is 14.8. The molecule has 0 bridgehead atoms. The van der Waals surface area contributed by atoms with Gasteiger partial charge in [-0.05, 0) is 44.2 Å². The van der Waals surface area contributed by atoms with Crippen molar-refractivity contribution in [1.82, 2.24) is 8.61 Å².